The van der Waals surface area contributed by atoms with E-state index in [9.17, 15) is 0 Å². The molecule has 0 saturated heterocycles. The second kappa shape index (κ2) is 8.21. The van der Waals surface area contributed by atoms with Crippen molar-refractivity contribution < 1.29 is 80.0 Å². The molecule has 1 aromatic rings. The monoisotopic (exact) mass is 238 g/mol. The van der Waals surface area contributed by atoms with Crippen LogP contribution in [0.2, 0.25) is 0 Å². The fourth-order valence-electron chi connectivity index (χ4n) is 0.253. The molecule has 1 heterocycles. The molecule has 0 fully saturated rings. The van der Waals surface area contributed by atoms with Crippen LogP contribution < -0.4 is 55.6 Å². The summed E-state index contributed by atoms with van der Waals surface area (Å²) in [6.45, 7) is 0. The smallest absolute Gasteiger partial charge is 0.115 e. The molecule has 0 radical (unpaired) electrons. The SMILES string of the molecule is [K+].[O]=[Mn](=[O])(=[O])[O-].c1cncnc1. The maximum Gasteiger partial charge on any atom is 0.115 e. The first-order valence-corrected chi connectivity index (χ1v) is 4.24. The van der Waals surface area contributed by atoms with Gasteiger partial charge in [-0.3, -0.25) is 0 Å². The summed E-state index contributed by atoms with van der Waals surface area (Å²) in [4.78, 5) is 7.35. The molecule has 0 aliphatic rings. The summed E-state index contributed by atoms with van der Waals surface area (Å²) in [7, 11) is 0. The van der Waals surface area contributed by atoms with E-state index in [0.29, 0.717) is 0 Å². The van der Waals surface area contributed by atoms with Crippen molar-refractivity contribution in [3.8, 4) is 0 Å². The van der Waals surface area contributed by atoms with E-state index in [1.165, 1.54) is 6.33 Å². The van der Waals surface area contributed by atoms with Crippen molar-refractivity contribution in [3.05, 3.63) is 24.8 Å². The molecule has 0 saturated carbocycles. The molecule has 0 spiro atoms. The summed E-state index contributed by atoms with van der Waals surface area (Å²) in [5, 5.41) is 0. The van der Waals surface area contributed by atoms with Crippen molar-refractivity contribution in [2.45, 2.75) is 0 Å². The summed E-state index contributed by atoms with van der Waals surface area (Å²) < 4.78 is 34.3. The van der Waals surface area contributed by atoms with Gasteiger partial charge in [0.1, 0.15) is 6.33 Å². The predicted octanol–water partition coefficient (Wildman–Crippen LogP) is -4.07. The number of rotatable bonds is 0. The number of nitrogens with zero attached hydrogens (tertiary/aromatic N) is 2. The third-order valence-corrected chi connectivity index (χ3v) is 0.478. The molecule has 0 aliphatic heterocycles. The molecule has 6 nitrogen and oxygen atoms in total. The zero-order valence-corrected chi connectivity index (χ0v) is 10.5. The van der Waals surface area contributed by atoms with Gasteiger partial charge in [-0.2, -0.15) is 0 Å². The second-order valence-electron chi connectivity index (χ2n) is 1.28. The minimum absolute atomic E-state index is 0. The predicted molar refractivity (Wildman–Crippen MR) is 24.1 cm³/mol. The Morgan fingerprint density at radius 1 is 1.08 bits per heavy atom. The molecule has 62 valence electrons. The number of hydrogen-bond donors (Lipinski definition) is 0. The van der Waals surface area contributed by atoms with Gasteiger partial charge in [0, 0.05) is 12.4 Å². The molecule has 1 aromatic heterocycles. The van der Waals surface area contributed by atoms with Gasteiger partial charge in [-0.25, -0.2) is 9.97 Å². The van der Waals surface area contributed by atoms with Gasteiger partial charge in [0.25, 0.3) is 0 Å². The van der Waals surface area contributed by atoms with Gasteiger partial charge in [0.2, 0.25) is 0 Å². The number of hydrogen-bond acceptors (Lipinski definition) is 6. The van der Waals surface area contributed by atoms with Crippen molar-refractivity contribution in [3.63, 3.8) is 0 Å². The van der Waals surface area contributed by atoms with Crippen LogP contribution >= 0.6 is 0 Å². The number of aromatic nitrogens is 2. The molecular formula is C4H4KMnN2O4. The molecule has 8 heteroatoms. The maximum atomic E-state index is 8.58. The van der Waals surface area contributed by atoms with Gasteiger partial charge in [-0.05, 0) is 6.07 Å². The molecule has 1 rings (SSSR count). The van der Waals surface area contributed by atoms with Crippen molar-refractivity contribution in [2.24, 2.45) is 0 Å². The summed E-state index contributed by atoms with van der Waals surface area (Å²) in [6, 6.07) is 1.78. The Morgan fingerprint density at radius 3 is 1.50 bits per heavy atom. The van der Waals surface area contributed by atoms with E-state index in [-0.39, 0.29) is 51.4 Å². The molecule has 0 unspecified atom stereocenters. The summed E-state index contributed by atoms with van der Waals surface area (Å²) in [5.74, 6) is 0. The van der Waals surface area contributed by atoms with E-state index in [1.54, 1.807) is 18.5 Å². The van der Waals surface area contributed by atoms with E-state index >= 15 is 0 Å². The fourth-order valence-corrected chi connectivity index (χ4v) is 0.253. The molecule has 0 aliphatic carbocycles. The maximum absolute atomic E-state index is 8.58. The topological polar surface area (TPSA) is 100 Å². The van der Waals surface area contributed by atoms with Crippen LogP contribution in [0.15, 0.2) is 24.8 Å². The minimum atomic E-state index is -5.62. The van der Waals surface area contributed by atoms with Crippen LogP contribution in [0.1, 0.15) is 0 Å². The van der Waals surface area contributed by atoms with Crippen molar-refractivity contribution in [1.82, 2.24) is 9.97 Å². The van der Waals surface area contributed by atoms with Crippen molar-refractivity contribution in [2.75, 3.05) is 0 Å². The molecule has 0 N–H and O–H groups in total. The van der Waals surface area contributed by atoms with Crippen molar-refractivity contribution >= 4 is 0 Å². The largest absolute Gasteiger partial charge is 0.245 e. The Morgan fingerprint density at radius 2 is 1.42 bits per heavy atom. The molecule has 0 atom stereocenters. The first-order chi connectivity index (χ1) is 5.00. The van der Waals surface area contributed by atoms with Crippen LogP contribution in [-0.4, -0.2) is 9.97 Å². The third kappa shape index (κ3) is 22.4. The normalized spacial score (nSPS) is 8.75. The zero-order valence-electron chi connectivity index (χ0n) is 6.21. The van der Waals surface area contributed by atoms with Gasteiger partial charge in [0.15, 0.2) is 0 Å². The summed E-state index contributed by atoms with van der Waals surface area (Å²) in [6.07, 6.45) is 4.88. The molecule has 12 heavy (non-hydrogen) atoms. The standard InChI is InChI=1S/C4H4N2.K.Mn.4O/c1-2-5-4-6-3-1;;;;;;/h1-4H;;;;;;/q;+1;;;;;-1. The Kier molecular flexibility index (Phi) is 10.3. The van der Waals surface area contributed by atoms with Crippen LogP contribution in [0, 0.1) is 0 Å². The average molecular weight is 238 g/mol. The van der Waals surface area contributed by atoms with Gasteiger partial charge >= 0.3 is 80.0 Å². The molecule has 0 bridgehead atoms. The van der Waals surface area contributed by atoms with Crippen molar-refractivity contribution in [1.29, 1.82) is 0 Å². The van der Waals surface area contributed by atoms with Gasteiger partial charge in [-0.1, -0.05) is 0 Å². The molecule has 0 aromatic carbocycles. The van der Waals surface area contributed by atoms with Gasteiger partial charge in [0.05, 0.1) is 0 Å². The Hall–Kier alpha value is 0.596. The van der Waals surface area contributed by atoms with E-state index in [0.717, 1.165) is 0 Å². The Balaban J connectivity index is 0. The van der Waals surface area contributed by atoms with E-state index < -0.39 is 13.0 Å². The Bertz CT molecular complexity index is 291. The van der Waals surface area contributed by atoms with Crippen LogP contribution in [0.25, 0.3) is 0 Å². The summed E-state index contributed by atoms with van der Waals surface area (Å²) in [5.41, 5.74) is 0. The average Bonchev–Trinajstić information content (AvgIpc) is 1.88. The van der Waals surface area contributed by atoms with Crippen LogP contribution in [0.5, 0.6) is 0 Å². The van der Waals surface area contributed by atoms with Gasteiger partial charge in [-0.15, -0.1) is 0 Å². The summed E-state index contributed by atoms with van der Waals surface area (Å²) >= 11 is -5.62. The fraction of sp³-hybridized carbons (Fsp3) is 0. The zero-order chi connectivity index (χ0) is 8.74. The van der Waals surface area contributed by atoms with E-state index in [2.05, 4.69) is 9.97 Å². The van der Waals surface area contributed by atoms with Crippen LogP contribution in [0.4, 0.5) is 0 Å². The second-order valence-corrected chi connectivity index (χ2v) is 2.46. The van der Waals surface area contributed by atoms with E-state index in [4.69, 9.17) is 15.7 Å². The van der Waals surface area contributed by atoms with Crippen LogP contribution in [0.3, 0.4) is 0 Å². The third-order valence-electron chi connectivity index (χ3n) is 0.478. The van der Waals surface area contributed by atoms with Gasteiger partial charge < -0.3 is 0 Å². The molecule has 0 amide bonds. The first kappa shape index (κ1) is 15.1. The van der Waals surface area contributed by atoms with E-state index in [1.807, 2.05) is 0 Å². The molecular weight excluding hydrogens is 234 g/mol. The quantitative estimate of drug-likeness (QED) is 0.426. The Labute approximate surface area is 113 Å². The van der Waals surface area contributed by atoms with Crippen LogP contribution in [-0.2, 0) is 24.5 Å². The minimum Gasteiger partial charge on any atom is -0.245 e. The first-order valence-electron chi connectivity index (χ1n) is 2.32.